The molecule has 1 aliphatic rings. The molecule has 2 aromatic rings. The van der Waals surface area contributed by atoms with E-state index in [2.05, 4.69) is 5.16 Å². The van der Waals surface area contributed by atoms with E-state index >= 15 is 0 Å². The van der Waals surface area contributed by atoms with E-state index in [-0.39, 0.29) is 5.75 Å². The van der Waals surface area contributed by atoms with Gasteiger partial charge in [-0.05, 0) is 40.2 Å². The molecule has 1 aliphatic heterocycles. The minimum atomic E-state index is -3.22. The number of rotatable bonds is 5. The first-order valence-electron chi connectivity index (χ1n) is 10.2. The molecule has 1 saturated heterocycles. The maximum atomic E-state index is 14.1. The second-order valence-electron chi connectivity index (χ2n) is 9.43. The Morgan fingerprint density at radius 3 is 2.41 bits per heavy atom. The van der Waals surface area contributed by atoms with Gasteiger partial charge < -0.3 is 14.0 Å². The smallest absolute Gasteiger partial charge is 0.413 e. The highest BCUT2D eigenvalue weighted by atomic mass is 32.2. The number of alkyl halides is 1. The molecule has 176 valence electrons. The van der Waals surface area contributed by atoms with Gasteiger partial charge in [0, 0.05) is 17.9 Å². The van der Waals surface area contributed by atoms with Crippen molar-refractivity contribution < 1.29 is 31.6 Å². The molecule has 10 heteroatoms. The van der Waals surface area contributed by atoms with Crippen LogP contribution in [0.4, 0.5) is 9.18 Å². The van der Waals surface area contributed by atoms with E-state index in [0.29, 0.717) is 22.6 Å². The third kappa shape index (κ3) is 5.47. The molecule has 2 heterocycles. The molecular formula is C22H29FN2O6S. The van der Waals surface area contributed by atoms with Crippen molar-refractivity contribution >= 4 is 15.9 Å². The van der Waals surface area contributed by atoms with Crippen molar-refractivity contribution in [2.45, 2.75) is 63.8 Å². The molecule has 32 heavy (non-hydrogen) atoms. The van der Waals surface area contributed by atoms with E-state index in [9.17, 15) is 17.6 Å². The number of hydrogen-bond acceptors (Lipinski definition) is 7. The third-order valence-corrected chi connectivity index (χ3v) is 5.74. The normalized spacial score (nSPS) is 21.0. The molecule has 1 fully saturated rings. The average molecular weight is 469 g/mol. The number of carbonyl (C=O) groups excluding carboxylic acids is 1. The van der Waals surface area contributed by atoms with Crippen LogP contribution in [0, 0.1) is 0 Å². The maximum Gasteiger partial charge on any atom is 0.413 e. The summed E-state index contributed by atoms with van der Waals surface area (Å²) < 4.78 is 53.8. The Kier molecular flexibility index (Phi) is 6.41. The van der Waals surface area contributed by atoms with Crippen molar-refractivity contribution in [1.82, 2.24) is 10.1 Å². The highest BCUT2D eigenvalue weighted by Gasteiger charge is 2.51. The zero-order valence-corrected chi connectivity index (χ0v) is 19.9. The Hall–Kier alpha value is -2.46. The summed E-state index contributed by atoms with van der Waals surface area (Å²) in [7, 11) is -3.22. The minimum absolute atomic E-state index is 0.210. The highest BCUT2D eigenvalue weighted by Crippen LogP contribution is 2.42. The number of carbonyl (C=O) groups is 1. The van der Waals surface area contributed by atoms with Gasteiger partial charge in [0.05, 0.1) is 17.5 Å². The van der Waals surface area contributed by atoms with E-state index in [1.54, 1.807) is 65.0 Å². The van der Waals surface area contributed by atoms with E-state index in [1.807, 2.05) is 0 Å². The summed E-state index contributed by atoms with van der Waals surface area (Å²) in [4.78, 5) is 14.1. The predicted molar refractivity (Wildman–Crippen MR) is 116 cm³/mol. The molecule has 8 nitrogen and oxygen atoms in total. The van der Waals surface area contributed by atoms with Crippen molar-refractivity contribution in [1.29, 1.82) is 0 Å². The first-order chi connectivity index (χ1) is 14.7. The lowest BCUT2D eigenvalue weighted by Crippen LogP contribution is -2.50. The van der Waals surface area contributed by atoms with Crippen LogP contribution in [-0.2, 0) is 25.1 Å². The van der Waals surface area contributed by atoms with Gasteiger partial charge in [-0.25, -0.2) is 17.6 Å². The molecule has 1 aromatic heterocycles. The maximum absolute atomic E-state index is 14.1. The van der Waals surface area contributed by atoms with Gasteiger partial charge in [-0.1, -0.05) is 29.4 Å². The van der Waals surface area contributed by atoms with E-state index in [0.717, 1.165) is 6.26 Å². The summed E-state index contributed by atoms with van der Waals surface area (Å²) in [5, 5.41) is 3.79. The van der Waals surface area contributed by atoms with Gasteiger partial charge in [0.2, 0.25) is 0 Å². The lowest BCUT2D eigenvalue weighted by Gasteiger charge is -2.34. The summed E-state index contributed by atoms with van der Waals surface area (Å²) >= 11 is 0. The molecule has 1 aromatic carbocycles. The number of aromatic nitrogens is 1. The monoisotopic (exact) mass is 468 g/mol. The first-order valence-corrected chi connectivity index (χ1v) is 12.3. The number of nitrogens with zero attached hydrogens (tertiary/aromatic N) is 2. The number of halogens is 1. The summed E-state index contributed by atoms with van der Waals surface area (Å²) in [5.41, 5.74) is -0.0993. The summed E-state index contributed by atoms with van der Waals surface area (Å²) in [6.07, 6.45) is -0.197. The Labute approximate surface area is 187 Å². The second-order valence-corrected chi connectivity index (χ2v) is 11.6. The fourth-order valence-electron chi connectivity index (χ4n) is 3.71. The van der Waals surface area contributed by atoms with Crippen LogP contribution < -0.4 is 0 Å². The van der Waals surface area contributed by atoms with Crippen LogP contribution in [0.3, 0.4) is 0 Å². The molecule has 2 atom stereocenters. The van der Waals surface area contributed by atoms with Gasteiger partial charge in [0.15, 0.2) is 15.6 Å². The largest absolute Gasteiger partial charge is 0.444 e. The predicted octanol–water partition coefficient (Wildman–Crippen LogP) is 4.27. The molecule has 0 aliphatic carbocycles. The van der Waals surface area contributed by atoms with Gasteiger partial charge >= 0.3 is 6.09 Å². The quantitative estimate of drug-likeness (QED) is 0.646. The Bertz CT molecular complexity index is 1070. The van der Waals surface area contributed by atoms with E-state index in [1.165, 1.54) is 4.90 Å². The van der Waals surface area contributed by atoms with Crippen LogP contribution in [0.15, 0.2) is 34.9 Å². The molecule has 0 bridgehead atoms. The third-order valence-electron chi connectivity index (χ3n) is 4.92. The number of ether oxygens (including phenoxy) is 2. The van der Waals surface area contributed by atoms with E-state index < -0.39 is 46.1 Å². The fourth-order valence-corrected chi connectivity index (χ4v) is 4.38. The molecule has 1 amide bonds. The van der Waals surface area contributed by atoms with Crippen LogP contribution in [0.2, 0.25) is 0 Å². The Morgan fingerprint density at radius 2 is 1.88 bits per heavy atom. The van der Waals surface area contributed by atoms with Crippen LogP contribution in [-0.4, -0.2) is 54.9 Å². The van der Waals surface area contributed by atoms with Crippen molar-refractivity contribution in [3.63, 3.8) is 0 Å². The Balaban J connectivity index is 1.83. The van der Waals surface area contributed by atoms with Gasteiger partial charge in [-0.3, -0.25) is 4.90 Å². The number of benzene rings is 1. The van der Waals surface area contributed by atoms with Crippen LogP contribution in [0.25, 0.3) is 11.3 Å². The zero-order chi connectivity index (χ0) is 23.9. The van der Waals surface area contributed by atoms with Crippen molar-refractivity contribution in [2.24, 2.45) is 0 Å². The van der Waals surface area contributed by atoms with Gasteiger partial charge in [-0.15, -0.1) is 0 Å². The van der Waals surface area contributed by atoms with Gasteiger partial charge in [0.1, 0.15) is 24.1 Å². The summed E-state index contributed by atoms with van der Waals surface area (Å²) in [5.74, 6) is 0.207. The lowest BCUT2D eigenvalue weighted by atomic mass is 10.0. The first kappa shape index (κ1) is 24.2. The fraction of sp³-hybridized carbons (Fsp3) is 0.545. The number of amides is 1. The number of hydrogen-bond donors (Lipinski definition) is 0. The van der Waals surface area contributed by atoms with E-state index in [4.69, 9.17) is 14.0 Å². The van der Waals surface area contributed by atoms with Crippen molar-refractivity contribution in [3.8, 4) is 11.3 Å². The second kappa shape index (κ2) is 8.47. The Morgan fingerprint density at radius 1 is 1.25 bits per heavy atom. The topological polar surface area (TPSA) is 98.9 Å². The van der Waals surface area contributed by atoms with Gasteiger partial charge in [-0.2, -0.15) is 0 Å². The number of sulfone groups is 1. The standard InChI is InChI=1S/C22H29FN2O6S/c1-21(2,3)30-20(26)25-17(12-23)19(29-22(25,4)5)15-9-7-14(8-10-15)18-11-16(24-31-18)13-32(6,27)28/h7-11,17,19H,12-13H2,1-6H3. The average Bonchev–Trinajstić information content (AvgIpc) is 3.20. The van der Waals surface area contributed by atoms with Crippen LogP contribution in [0.5, 0.6) is 0 Å². The summed E-state index contributed by atoms with van der Waals surface area (Å²) in [6.45, 7) is 7.85. The molecule has 0 saturated carbocycles. The zero-order valence-electron chi connectivity index (χ0n) is 19.1. The van der Waals surface area contributed by atoms with Crippen molar-refractivity contribution in [2.75, 3.05) is 12.9 Å². The highest BCUT2D eigenvalue weighted by molar-refractivity contribution is 7.89. The summed E-state index contributed by atoms with van der Waals surface area (Å²) in [6, 6.07) is 7.74. The minimum Gasteiger partial charge on any atom is -0.444 e. The van der Waals surface area contributed by atoms with Gasteiger partial charge in [0.25, 0.3) is 0 Å². The van der Waals surface area contributed by atoms with Crippen LogP contribution >= 0.6 is 0 Å². The lowest BCUT2D eigenvalue weighted by molar-refractivity contribution is -0.0797. The molecule has 0 spiro atoms. The van der Waals surface area contributed by atoms with Crippen LogP contribution in [0.1, 0.15) is 52.0 Å². The molecule has 2 unspecified atom stereocenters. The van der Waals surface area contributed by atoms with Crippen molar-refractivity contribution in [3.05, 3.63) is 41.6 Å². The molecule has 0 radical (unpaired) electrons. The molecular weight excluding hydrogens is 439 g/mol. The SMILES string of the molecule is CC(C)(C)OC(=O)N1C(CF)C(c2ccc(-c3cc(CS(C)(=O)=O)no3)cc2)OC1(C)C. The molecule has 3 rings (SSSR count). The molecule has 0 N–H and O–H groups in total.